The predicted octanol–water partition coefficient (Wildman–Crippen LogP) is 1.94. The van der Waals surface area contributed by atoms with E-state index >= 15 is 0 Å². The lowest BCUT2D eigenvalue weighted by atomic mass is 9.88. The molecule has 1 fully saturated rings. The second kappa shape index (κ2) is 8.20. The van der Waals surface area contributed by atoms with Crippen LogP contribution in [0.5, 0.6) is 5.75 Å². The van der Waals surface area contributed by atoms with E-state index in [4.69, 9.17) is 4.74 Å². The molecule has 2 rings (SSSR count). The van der Waals surface area contributed by atoms with Gasteiger partial charge in [-0.3, -0.25) is 4.79 Å². The van der Waals surface area contributed by atoms with Gasteiger partial charge in [-0.2, -0.15) is 0 Å². The van der Waals surface area contributed by atoms with E-state index in [9.17, 15) is 9.18 Å². The highest BCUT2D eigenvalue weighted by Crippen LogP contribution is 2.18. The highest BCUT2D eigenvalue weighted by molar-refractivity contribution is 5.85. The lowest BCUT2D eigenvalue weighted by Crippen LogP contribution is -2.50. The van der Waals surface area contributed by atoms with E-state index in [1.807, 2.05) is 6.92 Å². The Balaban J connectivity index is 0.00000220. The first-order valence-corrected chi connectivity index (χ1v) is 6.92. The number of hydrogen-bond acceptors (Lipinski definition) is 3. The van der Waals surface area contributed by atoms with Crippen LogP contribution < -0.4 is 10.1 Å². The van der Waals surface area contributed by atoms with Crippen LogP contribution in [-0.2, 0) is 4.79 Å². The molecule has 1 aromatic rings. The number of likely N-dealkylation sites (N-methyl/N-ethyl adjacent to an activating group) is 1. The van der Waals surface area contributed by atoms with E-state index in [1.165, 1.54) is 12.1 Å². The van der Waals surface area contributed by atoms with Crippen molar-refractivity contribution in [3.63, 3.8) is 0 Å². The van der Waals surface area contributed by atoms with Crippen molar-refractivity contribution in [2.24, 2.45) is 11.8 Å². The number of hydrogen-bond donors (Lipinski definition) is 1. The molecular weight excluding hydrogens is 295 g/mol. The topological polar surface area (TPSA) is 41.6 Å². The fourth-order valence-electron chi connectivity index (χ4n) is 2.16. The third kappa shape index (κ3) is 4.86. The molecule has 0 radical (unpaired) electrons. The Kier molecular flexibility index (Phi) is 6.92. The molecule has 1 aliphatic rings. The van der Waals surface area contributed by atoms with Crippen molar-refractivity contribution in [3.8, 4) is 5.75 Å². The average molecular weight is 317 g/mol. The van der Waals surface area contributed by atoms with Gasteiger partial charge < -0.3 is 15.0 Å². The second-order valence-electron chi connectivity index (χ2n) is 5.27. The van der Waals surface area contributed by atoms with E-state index < -0.39 is 0 Å². The lowest BCUT2D eigenvalue weighted by Gasteiger charge is -2.33. The van der Waals surface area contributed by atoms with Gasteiger partial charge in [0.2, 0.25) is 5.91 Å². The Bertz CT molecular complexity index is 451. The predicted molar refractivity (Wildman–Crippen MR) is 82.3 cm³/mol. The molecule has 1 amide bonds. The van der Waals surface area contributed by atoms with Crippen LogP contribution in [-0.4, -0.2) is 44.1 Å². The number of carbonyl (C=O) groups excluding carboxylic acids is 1. The summed E-state index contributed by atoms with van der Waals surface area (Å²) in [6.45, 7) is 4.76. The van der Waals surface area contributed by atoms with Gasteiger partial charge in [0.15, 0.2) is 0 Å². The summed E-state index contributed by atoms with van der Waals surface area (Å²) in [5, 5.41) is 3.18. The minimum absolute atomic E-state index is 0. The zero-order valence-corrected chi connectivity index (χ0v) is 13.2. The summed E-state index contributed by atoms with van der Waals surface area (Å²) >= 11 is 0. The monoisotopic (exact) mass is 316 g/mol. The van der Waals surface area contributed by atoms with Crippen molar-refractivity contribution in [3.05, 3.63) is 30.1 Å². The quantitative estimate of drug-likeness (QED) is 0.872. The molecule has 6 heteroatoms. The minimum atomic E-state index is -0.285. The van der Waals surface area contributed by atoms with Gasteiger partial charge >= 0.3 is 0 Å². The minimum Gasteiger partial charge on any atom is -0.492 e. The maximum atomic E-state index is 12.7. The van der Waals surface area contributed by atoms with Crippen LogP contribution in [0.4, 0.5) is 4.39 Å². The highest BCUT2D eigenvalue weighted by Gasteiger charge is 2.30. The van der Waals surface area contributed by atoms with Crippen molar-refractivity contribution in [2.45, 2.75) is 6.92 Å². The molecule has 1 heterocycles. The second-order valence-corrected chi connectivity index (χ2v) is 5.27. The normalized spacial score (nSPS) is 15.6. The molecule has 1 unspecified atom stereocenters. The zero-order valence-electron chi connectivity index (χ0n) is 12.3. The van der Waals surface area contributed by atoms with Gasteiger partial charge in [-0.05, 0) is 43.3 Å². The SMILES string of the molecule is CC(C(=O)N(C)CCOc1ccc(F)cc1)C1CNC1.Cl. The molecule has 0 aliphatic carbocycles. The first kappa shape index (κ1) is 17.7. The number of carbonyl (C=O) groups is 1. The lowest BCUT2D eigenvalue weighted by molar-refractivity contribution is -0.136. The summed E-state index contributed by atoms with van der Waals surface area (Å²) < 4.78 is 18.2. The van der Waals surface area contributed by atoms with Crippen molar-refractivity contribution in [1.82, 2.24) is 10.2 Å². The van der Waals surface area contributed by atoms with Gasteiger partial charge in [0.25, 0.3) is 0 Å². The van der Waals surface area contributed by atoms with E-state index in [-0.39, 0.29) is 30.0 Å². The summed E-state index contributed by atoms with van der Waals surface area (Å²) in [5.74, 6) is 0.977. The molecule has 1 N–H and O–H groups in total. The van der Waals surface area contributed by atoms with E-state index in [0.29, 0.717) is 24.8 Å². The number of rotatable bonds is 6. The zero-order chi connectivity index (χ0) is 14.5. The molecule has 1 aromatic carbocycles. The summed E-state index contributed by atoms with van der Waals surface area (Å²) in [6, 6.07) is 5.88. The van der Waals surface area contributed by atoms with Crippen LogP contribution in [0.3, 0.4) is 0 Å². The molecule has 0 aromatic heterocycles. The van der Waals surface area contributed by atoms with E-state index in [0.717, 1.165) is 13.1 Å². The number of benzene rings is 1. The maximum Gasteiger partial charge on any atom is 0.225 e. The van der Waals surface area contributed by atoms with Gasteiger partial charge in [-0.15, -0.1) is 12.4 Å². The average Bonchev–Trinajstić information content (AvgIpc) is 2.38. The summed E-state index contributed by atoms with van der Waals surface area (Å²) in [6.07, 6.45) is 0. The van der Waals surface area contributed by atoms with Gasteiger partial charge in [-0.25, -0.2) is 4.39 Å². The van der Waals surface area contributed by atoms with Crippen LogP contribution in [0.1, 0.15) is 6.92 Å². The van der Waals surface area contributed by atoms with Crippen molar-refractivity contribution in [1.29, 1.82) is 0 Å². The third-order valence-corrected chi connectivity index (χ3v) is 3.79. The molecule has 0 spiro atoms. The third-order valence-electron chi connectivity index (χ3n) is 3.79. The number of nitrogens with zero attached hydrogens (tertiary/aromatic N) is 1. The van der Waals surface area contributed by atoms with Crippen LogP contribution in [0.25, 0.3) is 0 Å². The van der Waals surface area contributed by atoms with Crippen LogP contribution in [0.2, 0.25) is 0 Å². The smallest absolute Gasteiger partial charge is 0.225 e. The largest absolute Gasteiger partial charge is 0.492 e. The van der Waals surface area contributed by atoms with Gasteiger partial charge in [-0.1, -0.05) is 6.92 Å². The fourth-order valence-corrected chi connectivity index (χ4v) is 2.16. The first-order valence-electron chi connectivity index (χ1n) is 6.92. The summed E-state index contributed by atoms with van der Waals surface area (Å²) in [4.78, 5) is 13.9. The Morgan fingerprint density at radius 1 is 1.43 bits per heavy atom. The maximum absolute atomic E-state index is 12.7. The summed E-state index contributed by atoms with van der Waals surface area (Å²) in [5.41, 5.74) is 0. The molecule has 1 saturated heterocycles. The molecule has 21 heavy (non-hydrogen) atoms. The molecule has 118 valence electrons. The molecule has 1 atom stereocenters. The fraction of sp³-hybridized carbons (Fsp3) is 0.533. The molecular formula is C15H22ClFN2O2. The Morgan fingerprint density at radius 3 is 2.57 bits per heavy atom. The van der Waals surface area contributed by atoms with E-state index in [2.05, 4.69) is 5.32 Å². The van der Waals surface area contributed by atoms with Crippen LogP contribution in [0.15, 0.2) is 24.3 Å². The number of nitrogens with one attached hydrogen (secondary N) is 1. The molecule has 0 saturated carbocycles. The number of halogens is 2. The first-order chi connectivity index (χ1) is 9.58. The molecule has 1 aliphatic heterocycles. The van der Waals surface area contributed by atoms with Gasteiger partial charge in [0, 0.05) is 13.0 Å². The van der Waals surface area contributed by atoms with Crippen molar-refractivity contribution < 1.29 is 13.9 Å². The Labute approximate surface area is 131 Å². The molecule has 0 bridgehead atoms. The highest BCUT2D eigenvalue weighted by atomic mass is 35.5. The van der Waals surface area contributed by atoms with Crippen LogP contribution in [0, 0.1) is 17.7 Å². The number of ether oxygens (including phenoxy) is 1. The van der Waals surface area contributed by atoms with Crippen molar-refractivity contribution in [2.75, 3.05) is 33.3 Å². The standard InChI is InChI=1S/C15H21FN2O2.ClH/c1-11(12-9-17-10-12)15(19)18(2)7-8-20-14-5-3-13(16)4-6-14;/h3-6,11-12,17H,7-10H2,1-2H3;1H. The Morgan fingerprint density at radius 2 is 2.05 bits per heavy atom. The summed E-state index contributed by atoms with van der Waals surface area (Å²) in [7, 11) is 1.79. The van der Waals surface area contributed by atoms with Gasteiger partial charge in [0.1, 0.15) is 18.2 Å². The Hall–Kier alpha value is -1.33. The van der Waals surface area contributed by atoms with E-state index in [1.54, 1.807) is 24.1 Å². The van der Waals surface area contributed by atoms with Crippen molar-refractivity contribution >= 4 is 18.3 Å². The molecule has 4 nitrogen and oxygen atoms in total. The number of amides is 1. The van der Waals surface area contributed by atoms with Crippen LogP contribution >= 0.6 is 12.4 Å². The van der Waals surface area contributed by atoms with Gasteiger partial charge in [0.05, 0.1) is 6.54 Å².